The van der Waals surface area contributed by atoms with Gasteiger partial charge in [-0.2, -0.15) is 5.10 Å². The lowest BCUT2D eigenvalue weighted by molar-refractivity contribution is 0.0753. The summed E-state index contributed by atoms with van der Waals surface area (Å²) in [7, 11) is -3.19. The van der Waals surface area contributed by atoms with Crippen LogP contribution in [0.2, 0.25) is 0 Å². The molecule has 2 saturated heterocycles. The molecule has 116 valence electrons. The maximum atomic E-state index is 12.4. The second-order valence-corrected chi connectivity index (χ2v) is 7.79. The molecule has 1 N–H and O–H groups in total. The summed E-state index contributed by atoms with van der Waals surface area (Å²) >= 11 is 0. The van der Waals surface area contributed by atoms with Crippen molar-refractivity contribution in [1.29, 1.82) is 0 Å². The maximum Gasteiger partial charge on any atom is 0.271 e. The Morgan fingerprint density at radius 2 is 2.19 bits per heavy atom. The maximum absolute atomic E-state index is 12.4. The van der Waals surface area contributed by atoms with Crippen molar-refractivity contribution in [1.82, 2.24) is 19.4 Å². The van der Waals surface area contributed by atoms with Crippen molar-refractivity contribution in [3.05, 3.63) is 18.0 Å². The summed E-state index contributed by atoms with van der Waals surface area (Å²) < 4.78 is 26.4. The average Bonchev–Trinajstić information content (AvgIpc) is 2.99. The second-order valence-electron chi connectivity index (χ2n) is 5.63. The Kier molecular flexibility index (Phi) is 3.75. The SMILES string of the molecule is CCN1C[C@H]2CCN(C(=O)c3ccn[nH]3)CC[C@H]2S1(=O)=O. The van der Waals surface area contributed by atoms with Crippen LogP contribution in [-0.4, -0.2) is 65.2 Å². The molecule has 1 aromatic heterocycles. The standard InChI is InChI=1S/C13H20N4O3S/c1-2-17-9-10-4-7-16(8-5-12(10)21(17,19)20)13(18)11-3-6-14-15-11/h3,6,10,12H,2,4-5,7-9H2,1H3,(H,14,15)/t10-,12-/m1/s1. The quantitative estimate of drug-likeness (QED) is 0.851. The zero-order chi connectivity index (χ0) is 15.0. The van der Waals surface area contributed by atoms with Crippen molar-refractivity contribution in [2.75, 3.05) is 26.2 Å². The summed E-state index contributed by atoms with van der Waals surface area (Å²) in [5.74, 6) is 0.0340. The number of nitrogens with one attached hydrogen (secondary N) is 1. The van der Waals surface area contributed by atoms with E-state index in [1.54, 1.807) is 21.5 Å². The number of H-pyrrole nitrogens is 1. The normalized spacial score (nSPS) is 29.1. The zero-order valence-corrected chi connectivity index (χ0v) is 12.8. The van der Waals surface area contributed by atoms with Gasteiger partial charge < -0.3 is 4.90 Å². The smallest absolute Gasteiger partial charge is 0.271 e. The predicted octanol–water partition coefficient (Wildman–Crippen LogP) is 0.296. The van der Waals surface area contributed by atoms with E-state index < -0.39 is 10.0 Å². The minimum atomic E-state index is -3.19. The first-order chi connectivity index (χ1) is 10.0. The summed E-state index contributed by atoms with van der Waals surface area (Å²) in [5.41, 5.74) is 0.458. The summed E-state index contributed by atoms with van der Waals surface area (Å²) in [5, 5.41) is 6.12. The highest BCUT2D eigenvalue weighted by molar-refractivity contribution is 7.90. The number of carbonyl (C=O) groups excluding carboxylic acids is 1. The topological polar surface area (TPSA) is 86.4 Å². The number of carbonyl (C=O) groups is 1. The molecular weight excluding hydrogens is 292 g/mol. The number of aromatic amines is 1. The molecule has 3 rings (SSSR count). The number of likely N-dealkylation sites (tertiary alicyclic amines) is 1. The van der Waals surface area contributed by atoms with E-state index in [4.69, 9.17) is 0 Å². The highest BCUT2D eigenvalue weighted by Gasteiger charge is 2.46. The minimum Gasteiger partial charge on any atom is -0.337 e. The van der Waals surface area contributed by atoms with Crippen LogP contribution in [0.3, 0.4) is 0 Å². The third-order valence-electron chi connectivity index (χ3n) is 4.53. The molecule has 0 aliphatic carbocycles. The molecule has 0 unspecified atom stereocenters. The third kappa shape index (κ3) is 2.46. The van der Waals surface area contributed by atoms with Gasteiger partial charge in [0.2, 0.25) is 10.0 Å². The van der Waals surface area contributed by atoms with Gasteiger partial charge >= 0.3 is 0 Å². The summed E-state index contributed by atoms with van der Waals surface area (Å²) in [6.07, 6.45) is 2.80. The minimum absolute atomic E-state index is 0.0998. The zero-order valence-electron chi connectivity index (χ0n) is 12.0. The molecule has 2 fully saturated rings. The van der Waals surface area contributed by atoms with Gasteiger partial charge in [0.1, 0.15) is 5.69 Å². The van der Waals surface area contributed by atoms with Crippen LogP contribution in [0.15, 0.2) is 12.3 Å². The largest absolute Gasteiger partial charge is 0.337 e. The Morgan fingerprint density at radius 3 is 2.86 bits per heavy atom. The number of aromatic nitrogens is 2. The van der Waals surface area contributed by atoms with Gasteiger partial charge in [-0.15, -0.1) is 0 Å². The van der Waals surface area contributed by atoms with E-state index >= 15 is 0 Å². The van der Waals surface area contributed by atoms with Crippen LogP contribution in [0, 0.1) is 5.92 Å². The molecular formula is C13H20N4O3S. The Labute approximate surface area is 124 Å². The number of rotatable bonds is 2. The average molecular weight is 312 g/mol. The molecule has 0 radical (unpaired) electrons. The van der Waals surface area contributed by atoms with Gasteiger partial charge in [-0.25, -0.2) is 12.7 Å². The molecule has 1 amide bonds. The van der Waals surface area contributed by atoms with Gasteiger partial charge in [-0.05, 0) is 24.8 Å². The Hall–Kier alpha value is -1.41. The molecule has 7 nitrogen and oxygen atoms in total. The number of hydrogen-bond acceptors (Lipinski definition) is 4. The second kappa shape index (κ2) is 5.42. The predicted molar refractivity (Wildman–Crippen MR) is 77.2 cm³/mol. The van der Waals surface area contributed by atoms with Crippen LogP contribution in [0.1, 0.15) is 30.3 Å². The van der Waals surface area contributed by atoms with Gasteiger partial charge in [0.25, 0.3) is 5.91 Å². The molecule has 1 aromatic rings. The van der Waals surface area contributed by atoms with Crippen molar-refractivity contribution in [2.45, 2.75) is 25.0 Å². The molecule has 8 heteroatoms. The lowest BCUT2D eigenvalue weighted by Gasteiger charge is -2.21. The van der Waals surface area contributed by atoms with E-state index in [-0.39, 0.29) is 17.1 Å². The molecule has 2 atom stereocenters. The van der Waals surface area contributed by atoms with Crippen molar-refractivity contribution >= 4 is 15.9 Å². The van der Waals surface area contributed by atoms with Crippen molar-refractivity contribution in [2.24, 2.45) is 5.92 Å². The van der Waals surface area contributed by atoms with Crippen LogP contribution < -0.4 is 0 Å². The third-order valence-corrected chi connectivity index (χ3v) is 7.04. The number of nitrogens with zero attached hydrogens (tertiary/aromatic N) is 3. The summed E-state index contributed by atoms with van der Waals surface area (Å²) in [4.78, 5) is 14.0. The molecule has 3 heterocycles. The van der Waals surface area contributed by atoms with E-state index in [2.05, 4.69) is 10.2 Å². The molecule has 0 spiro atoms. The van der Waals surface area contributed by atoms with Crippen LogP contribution >= 0.6 is 0 Å². The highest BCUT2D eigenvalue weighted by atomic mass is 32.2. The Morgan fingerprint density at radius 1 is 1.43 bits per heavy atom. The van der Waals surface area contributed by atoms with Crippen LogP contribution in [0.5, 0.6) is 0 Å². The molecule has 0 aromatic carbocycles. The van der Waals surface area contributed by atoms with Crippen LogP contribution in [0.4, 0.5) is 0 Å². The Balaban J connectivity index is 1.74. The van der Waals surface area contributed by atoms with Crippen LogP contribution in [-0.2, 0) is 10.0 Å². The van der Waals surface area contributed by atoms with Crippen molar-refractivity contribution in [3.8, 4) is 0 Å². The van der Waals surface area contributed by atoms with Gasteiger partial charge in [0.15, 0.2) is 0 Å². The lowest BCUT2D eigenvalue weighted by atomic mass is 10.0. The highest BCUT2D eigenvalue weighted by Crippen LogP contribution is 2.34. The van der Waals surface area contributed by atoms with Gasteiger partial charge in [0, 0.05) is 32.4 Å². The molecule has 0 bridgehead atoms. The first-order valence-electron chi connectivity index (χ1n) is 7.31. The van der Waals surface area contributed by atoms with Crippen molar-refractivity contribution < 1.29 is 13.2 Å². The van der Waals surface area contributed by atoms with E-state index in [1.807, 2.05) is 6.92 Å². The first-order valence-corrected chi connectivity index (χ1v) is 8.82. The molecule has 21 heavy (non-hydrogen) atoms. The Bertz CT molecular complexity index is 613. The number of sulfonamides is 1. The van der Waals surface area contributed by atoms with Crippen molar-refractivity contribution in [3.63, 3.8) is 0 Å². The summed E-state index contributed by atoms with van der Waals surface area (Å²) in [6, 6.07) is 1.64. The van der Waals surface area contributed by atoms with E-state index in [9.17, 15) is 13.2 Å². The molecule has 2 aliphatic heterocycles. The first kappa shape index (κ1) is 14.5. The van der Waals surface area contributed by atoms with Crippen LogP contribution in [0.25, 0.3) is 0 Å². The number of hydrogen-bond donors (Lipinski definition) is 1. The van der Waals surface area contributed by atoms with E-state index in [1.165, 1.54) is 0 Å². The fourth-order valence-corrected chi connectivity index (χ4v) is 5.61. The van der Waals surface area contributed by atoms with Gasteiger partial charge in [-0.1, -0.05) is 6.92 Å². The fraction of sp³-hybridized carbons (Fsp3) is 0.692. The molecule has 2 aliphatic rings. The summed E-state index contributed by atoms with van der Waals surface area (Å²) in [6.45, 7) is 4.08. The van der Waals surface area contributed by atoms with Gasteiger partial charge in [-0.3, -0.25) is 9.89 Å². The molecule has 0 saturated carbocycles. The van der Waals surface area contributed by atoms with E-state index in [0.29, 0.717) is 38.3 Å². The van der Waals surface area contributed by atoms with E-state index in [0.717, 1.165) is 6.42 Å². The number of fused-ring (bicyclic) bond motifs is 1. The van der Waals surface area contributed by atoms with Gasteiger partial charge in [0.05, 0.1) is 5.25 Å². The monoisotopic (exact) mass is 312 g/mol. The lowest BCUT2D eigenvalue weighted by Crippen LogP contribution is -2.35. The number of amides is 1. The fourth-order valence-electron chi connectivity index (χ4n) is 3.35.